The predicted octanol–water partition coefficient (Wildman–Crippen LogP) is 4.33. The Morgan fingerprint density at radius 2 is 1.55 bits per heavy atom. The molecule has 0 fully saturated rings. The molecule has 2 N–H and O–H groups in total. The maximum atomic E-state index is 11.9. The molecule has 3 aromatic rings. The number of aromatic nitrogens is 1. The second kappa shape index (κ2) is 12.9. The molecule has 1 heterocycles. The minimum Gasteiger partial charge on any atom is -0.357 e. The van der Waals surface area contributed by atoms with Gasteiger partial charge in [-0.05, 0) is 41.7 Å². The smallest absolute Gasteiger partial charge is 0.250 e. The minimum atomic E-state index is 0. The van der Waals surface area contributed by atoms with Crippen molar-refractivity contribution in [3.8, 4) is 0 Å². The number of guanidine groups is 1. The van der Waals surface area contributed by atoms with E-state index in [1.165, 1.54) is 11.1 Å². The fraction of sp³-hybridized carbons (Fsp3) is 0.280. The molecule has 0 saturated heterocycles. The van der Waals surface area contributed by atoms with Gasteiger partial charge < -0.3 is 15.2 Å². The van der Waals surface area contributed by atoms with Gasteiger partial charge in [0, 0.05) is 25.4 Å². The van der Waals surface area contributed by atoms with Crippen LogP contribution in [0.4, 0.5) is 0 Å². The average Bonchev–Trinajstić information content (AvgIpc) is 2.78. The van der Waals surface area contributed by atoms with Crippen LogP contribution in [0.15, 0.2) is 82.7 Å². The second-order valence-corrected chi connectivity index (χ2v) is 7.15. The quantitative estimate of drug-likeness (QED) is 0.259. The van der Waals surface area contributed by atoms with E-state index in [0.29, 0.717) is 13.1 Å². The van der Waals surface area contributed by atoms with Crippen LogP contribution in [0, 0.1) is 0 Å². The Labute approximate surface area is 201 Å². The van der Waals surface area contributed by atoms with Crippen LogP contribution in [-0.2, 0) is 26.1 Å². The monoisotopic (exact) mass is 530 g/mol. The van der Waals surface area contributed by atoms with E-state index in [4.69, 9.17) is 4.99 Å². The Kier molecular flexibility index (Phi) is 10.3. The van der Waals surface area contributed by atoms with Crippen LogP contribution in [0.25, 0.3) is 0 Å². The Morgan fingerprint density at radius 3 is 2.23 bits per heavy atom. The predicted molar refractivity (Wildman–Crippen MR) is 139 cm³/mol. The van der Waals surface area contributed by atoms with Crippen LogP contribution < -0.4 is 16.2 Å². The van der Waals surface area contributed by atoms with Gasteiger partial charge in [-0.15, -0.1) is 24.0 Å². The lowest BCUT2D eigenvalue weighted by atomic mass is 10.1. The van der Waals surface area contributed by atoms with E-state index in [1.54, 1.807) is 16.7 Å². The average molecular weight is 530 g/mol. The number of aliphatic imine (C=N–C) groups is 1. The second-order valence-electron chi connectivity index (χ2n) is 7.15. The van der Waals surface area contributed by atoms with Crippen molar-refractivity contribution in [2.24, 2.45) is 4.99 Å². The number of aryl methyl sites for hydroxylation is 1. The van der Waals surface area contributed by atoms with Gasteiger partial charge in [0.05, 0.1) is 13.1 Å². The van der Waals surface area contributed by atoms with Crippen molar-refractivity contribution in [3.05, 3.63) is 106 Å². The summed E-state index contributed by atoms with van der Waals surface area (Å²) in [6.45, 7) is 6.97. The molecule has 0 aliphatic carbocycles. The van der Waals surface area contributed by atoms with Gasteiger partial charge in [0.1, 0.15) is 0 Å². The van der Waals surface area contributed by atoms with Crippen LogP contribution in [0.2, 0.25) is 0 Å². The minimum absolute atomic E-state index is 0. The lowest BCUT2D eigenvalue weighted by molar-refractivity contribution is 0.759. The summed E-state index contributed by atoms with van der Waals surface area (Å²) in [4.78, 5) is 16.6. The molecule has 2 aromatic carbocycles. The molecule has 6 heteroatoms. The number of nitrogens with zero attached hydrogens (tertiary/aromatic N) is 2. The fourth-order valence-corrected chi connectivity index (χ4v) is 3.30. The van der Waals surface area contributed by atoms with Gasteiger partial charge in [0.25, 0.3) is 5.56 Å². The lowest BCUT2D eigenvalue weighted by Gasteiger charge is -2.13. The summed E-state index contributed by atoms with van der Waals surface area (Å²) < 4.78 is 1.70. The molecule has 0 aliphatic rings. The summed E-state index contributed by atoms with van der Waals surface area (Å²) in [6.07, 6.45) is 2.83. The summed E-state index contributed by atoms with van der Waals surface area (Å²) >= 11 is 0. The van der Waals surface area contributed by atoms with Gasteiger partial charge in [-0.2, -0.15) is 0 Å². The molecule has 0 spiro atoms. The molecular formula is C25H31IN4O. The van der Waals surface area contributed by atoms with Gasteiger partial charge >= 0.3 is 0 Å². The van der Waals surface area contributed by atoms with E-state index in [-0.39, 0.29) is 29.5 Å². The molecule has 31 heavy (non-hydrogen) atoms. The van der Waals surface area contributed by atoms with Crippen molar-refractivity contribution in [2.75, 3.05) is 6.54 Å². The van der Waals surface area contributed by atoms with Crippen LogP contribution in [0.3, 0.4) is 0 Å². The van der Waals surface area contributed by atoms with Crippen LogP contribution >= 0.6 is 24.0 Å². The summed E-state index contributed by atoms with van der Waals surface area (Å²) in [5.41, 5.74) is 4.89. The lowest BCUT2D eigenvalue weighted by Crippen LogP contribution is -2.37. The third kappa shape index (κ3) is 7.54. The highest BCUT2D eigenvalue weighted by Gasteiger charge is 2.03. The maximum Gasteiger partial charge on any atom is 0.250 e. The fourth-order valence-electron chi connectivity index (χ4n) is 3.30. The molecule has 0 atom stereocenters. The van der Waals surface area contributed by atoms with E-state index in [1.807, 2.05) is 12.3 Å². The zero-order valence-electron chi connectivity index (χ0n) is 18.2. The van der Waals surface area contributed by atoms with Crippen LogP contribution in [-0.4, -0.2) is 17.1 Å². The third-order valence-electron chi connectivity index (χ3n) is 4.98. The van der Waals surface area contributed by atoms with Gasteiger partial charge in [0.15, 0.2) is 5.96 Å². The van der Waals surface area contributed by atoms with Gasteiger partial charge in [0.2, 0.25) is 0 Å². The molecule has 5 nitrogen and oxygen atoms in total. The van der Waals surface area contributed by atoms with Gasteiger partial charge in [-0.3, -0.25) is 4.79 Å². The zero-order chi connectivity index (χ0) is 21.2. The molecule has 0 saturated carbocycles. The number of benzene rings is 2. The van der Waals surface area contributed by atoms with E-state index in [2.05, 4.69) is 73.0 Å². The highest BCUT2D eigenvalue weighted by molar-refractivity contribution is 14.0. The maximum absolute atomic E-state index is 11.9. The molecule has 1 aromatic heterocycles. The van der Waals surface area contributed by atoms with Crippen molar-refractivity contribution in [2.45, 2.75) is 39.9 Å². The van der Waals surface area contributed by atoms with E-state index >= 15 is 0 Å². The molecule has 164 valence electrons. The van der Waals surface area contributed by atoms with Crippen molar-refractivity contribution in [1.82, 2.24) is 15.2 Å². The first-order valence-corrected chi connectivity index (χ1v) is 10.5. The SMILES string of the molecule is CCNC(=NCc1ccc(Cn2ccccc2=O)cc1)NCc1ccccc1CC.I. The van der Waals surface area contributed by atoms with E-state index in [9.17, 15) is 4.79 Å². The normalized spacial score (nSPS) is 11.0. The summed E-state index contributed by atoms with van der Waals surface area (Å²) in [5, 5.41) is 6.74. The van der Waals surface area contributed by atoms with Gasteiger partial charge in [-0.25, -0.2) is 4.99 Å². The number of nitrogens with one attached hydrogen (secondary N) is 2. The van der Waals surface area contributed by atoms with E-state index in [0.717, 1.165) is 36.6 Å². The third-order valence-corrected chi connectivity index (χ3v) is 4.98. The zero-order valence-corrected chi connectivity index (χ0v) is 20.5. The largest absolute Gasteiger partial charge is 0.357 e. The molecular weight excluding hydrogens is 499 g/mol. The van der Waals surface area contributed by atoms with Crippen molar-refractivity contribution >= 4 is 29.9 Å². The molecule has 0 amide bonds. The molecule has 0 aliphatic heterocycles. The molecule has 3 rings (SSSR count). The topological polar surface area (TPSA) is 58.4 Å². The number of pyridine rings is 1. The Hall–Kier alpha value is -2.61. The standard InChI is InChI=1S/C25H30N4O.HI/c1-3-22-9-5-6-10-23(22)18-28-25(26-4-2)27-17-20-12-14-21(15-13-20)19-29-16-8-7-11-24(29)30;/h5-16H,3-4,17-19H2,1-2H3,(H2,26,27,28);1H. The number of hydrogen-bond donors (Lipinski definition) is 2. The number of hydrogen-bond acceptors (Lipinski definition) is 2. The molecule has 0 unspecified atom stereocenters. The van der Waals surface area contributed by atoms with Crippen molar-refractivity contribution in [3.63, 3.8) is 0 Å². The number of halogens is 1. The Morgan fingerprint density at radius 1 is 0.871 bits per heavy atom. The first-order chi connectivity index (χ1) is 14.7. The summed E-state index contributed by atoms with van der Waals surface area (Å²) in [6, 6.07) is 22.0. The van der Waals surface area contributed by atoms with E-state index < -0.39 is 0 Å². The molecule has 0 radical (unpaired) electrons. The van der Waals surface area contributed by atoms with Crippen molar-refractivity contribution < 1.29 is 0 Å². The number of rotatable bonds is 8. The Balaban J connectivity index is 0.00000341. The first-order valence-electron chi connectivity index (χ1n) is 10.5. The van der Waals surface area contributed by atoms with Crippen LogP contribution in [0.1, 0.15) is 36.1 Å². The van der Waals surface area contributed by atoms with Gasteiger partial charge in [-0.1, -0.05) is 61.5 Å². The molecule has 0 bridgehead atoms. The summed E-state index contributed by atoms with van der Waals surface area (Å²) in [7, 11) is 0. The highest BCUT2D eigenvalue weighted by atomic mass is 127. The first kappa shape index (κ1) is 24.7. The Bertz CT molecular complexity index is 1030. The summed E-state index contributed by atoms with van der Waals surface area (Å²) in [5.74, 6) is 0.809. The van der Waals surface area contributed by atoms with Crippen LogP contribution in [0.5, 0.6) is 0 Å². The highest BCUT2D eigenvalue weighted by Crippen LogP contribution is 2.09. The van der Waals surface area contributed by atoms with Crippen molar-refractivity contribution in [1.29, 1.82) is 0 Å².